The van der Waals surface area contributed by atoms with Gasteiger partial charge < -0.3 is 23.8 Å². The van der Waals surface area contributed by atoms with Gasteiger partial charge in [-0.15, -0.1) is 0 Å². The summed E-state index contributed by atoms with van der Waals surface area (Å²) in [6.45, 7) is 6.71. The Hall–Kier alpha value is -3.26. The molecule has 2 aliphatic rings. The Bertz CT molecular complexity index is 1040. The Kier molecular flexibility index (Phi) is 6.94. The second-order valence-corrected chi connectivity index (χ2v) is 10.1. The monoisotopic (exact) mass is 482 g/mol. The highest BCUT2D eigenvalue weighted by Crippen LogP contribution is 2.43. The van der Waals surface area contributed by atoms with Crippen LogP contribution in [0.3, 0.4) is 0 Å². The summed E-state index contributed by atoms with van der Waals surface area (Å²) in [5.41, 5.74) is 0.148. The summed E-state index contributed by atoms with van der Waals surface area (Å²) in [4.78, 5) is 30.4. The minimum Gasteiger partial charge on any atom is -0.497 e. The van der Waals surface area contributed by atoms with Gasteiger partial charge in [-0.05, 0) is 44.0 Å². The molecule has 35 heavy (non-hydrogen) atoms. The lowest BCUT2D eigenvalue weighted by atomic mass is 9.99. The Morgan fingerprint density at radius 3 is 2.29 bits per heavy atom. The van der Waals surface area contributed by atoms with Crippen molar-refractivity contribution < 1.29 is 28.5 Å². The van der Waals surface area contributed by atoms with Crippen LogP contribution in [-0.2, 0) is 27.4 Å². The number of likely N-dealkylation sites (tertiary alicyclic amines) is 2. The van der Waals surface area contributed by atoms with Gasteiger partial charge in [-0.1, -0.05) is 30.3 Å². The van der Waals surface area contributed by atoms with Crippen molar-refractivity contribution >= 4 is 12.0 Å². The second kappa shape index (κ2) is 9.77. The molecule has 2 heterocycles. The van der Waals surface area contributed by atoms with Crippen LogP contribution in [0.4, 0.5) is 4.79 Å². The summed E-state index contributed by atoms with van der Waals surface area (Å²) in [6.07, 6.45) is 0.0143. The topological polar surface area (TPSA) is 77.5 Å². The highest BCUT2D eigenvalue weighted by atomic mass is 16.6. The molecule has 0 N–H and O–H groups in total. The average molecular weight is 483 g/mol. The number of rotatable bonds is 8. The number of benzene rings is 2. The molecule has 8 nitrogen and oxygen atoms in total. The zero-order chi connectivity index (χ0) is 25.2. The molecule has 2 aliphatic heterocycles. The summed E-state index contributed by atoms with van der Waals surface area (Å²) in [5.74, 6) is 1.19. The Balaban J connectivity index is 1.56. The molecule has 2 bridgehead atoms. The van der Waals surface area contributed by atoms with Gasteiger partial charge in [0.25, 0.3) is 5.91 Å². The molecule has 188 valence electrons. The van der Waals surface area contributed by atoms with Crippen LogP contribution >= 0.6 is 0 Å². The standard InChI is InChI=1S/C27H34N2O6/c1-26(2,3)35-25(31)29-16-21-14-27(29,18-34-17-19-9-7-6-8-10-19)24(30)28(21)15-20-11-22(32-4)13-23(12-20)33-5/h6-13,21H,14-18H2,1-5H3/t21-,27+/m0/s1. The fraction of sp³-hybridized carbons (Fsp3) is 0.481. The first kappa shape index (κ1) is 24.9. The van der Waals surface area contributed by atoms with Crippen LogP contribution in [-0.4, -0.2) is 66.4 Å². The summed E-state index contributed by atoms with van der Waals surface area (Å²) < 4.78 is 22.5. The lowest BCUT2D eigenvalue weighted by Crippen LogP contribution is -2.62. The normalized spacial score (nSPS) is 21.4. The van der Waals surface area contributed by atoms with Crippen LogP contribution in [0.1, 0.15) is 38.3 Å². The van der Waals surface area contributed by atoms with Crippen molar-refractivity contribution in [2.24, 2.45) is 0 Å². The van der Waals surface area contributed by atoms with Crippen molar-refractivity contribution in [3.63, 3.8) is 0 Å². The number of piperazine rings is 1. The van der Waals surface area contributed by atoms with Crippen LogP contribution in [0.15, 0.2) is 48.5 Å². The van der Waals surface area contributed by atoms with E-state index in [0.29, 0.717) is 37.6 Å². The van der Waals surface area contributed by atoms with Crippen molar-refractivity contribution in [2.75, 3.05) is 27.4 Å². The fourth-order valence-electron chi connectivity index (χ4n) is 4.83. The molecule has 8 heteroatoms. The van der Waals surface area contributed by atoms with Crippen LogP contribution < -0.4 is 9.47 Å². The van der Waals surface area contributed by atoms with Gasteiger partial charge >= 0.3 is 6.09 Å². The van der Waals surface area contributed by atoms with Gasteiger partial charge in [-0.3, -0.25) is 9.69 Å². The highest BCUT2D eigenvalue weighted by molar-refractivity contribution is 5.94. The molecule has 0 aliphatic carbocycles. The maximum atomic E-state index is 13.9. The highest BCUT2D eigenvalue weighted by Gasteiger charge is 2.63. The molecule has 2 atom stereocenters. The molecule has 0 aromatic heterocycles. The van der Waals surface area contributed by atoms with Gasteiger partial charge in [-0.25, -0.2) is 4.79 Å². The van der Waals surface area contributed by atoms with Crippen LogP contribution in [0, 0.1) is 0 Å². The van der Waals surface area contributed by atoms with Gasteiger partial charge in [0.1, 0.15) is 17.1 Å². The third-order valence-electron chi connectivity index (χ3n) is 6.41. The van der Waals surface area contributed by atoms with Crippen molar-refractivity contribution in [2.45, 2.75) is 57.5 Å². The van der Waals surface area contributed by atoms with E-state index in [1.54, 1.807) is 25.2 Å². The van der Waals surface area contributed by atoms with Gasteiger partial charge in [0.15, 0.2) is 5.54 Å². The Morgan fingerprint density at radius 1 is 1.03 bits per heavy atom. The molecule has 4 rings (SSSR count). The summed E-state index contributed by atoms with van der Waals surface area (Å²) in [6, 6.07) is 15.2. The van der Waals surface area contributed by atoms with E-state index in [4.69, 9.17) is 18.9 Å². The third-order valence-corrected chi connectivity index (χ3v) is 6.41. The van der Waals surface area contributed by atoms with E-state index < -0.39 is 17.2 Å². The van der Waals surface area contributed by atoms with Crippen molar-refractivity contribution in [1.82, 2.24) is 9.80 Å². The number of methoxy groups -OCH3 is 2. The Labute approximate surface area is 206 Å². The number of nitrogens with zero attached hydrogens (tertiary/aromatic N) is 2. The van der Waals surface area contributed by atoms with Crippen LogP contribution in [0.25, 0.3) is 0 Å². The number of ether oxygens (including phenoxy) is 4. The quantitative estimate of drug-likeness (QED) is 0.566. The van der Waals surface area contributed by atoms with Crippen molar-refractivity contribution in [3.8, 4) is 11.5 Å². The largest absolute Gasteiger partial charge is 0.497 e. The smallest absolute Gasteiger partial charge is 0.411 e. The van der Waals surface area contributed by atoms with E-state index in [0.717, 1.165) is 11.1 Å². The second-order valence-electron chi connectivity index (χ2n) is 10.1. The molecule has 2 amide bonds. The van der Waals surface area contributed by atoms with E-state index >= 15 is 0 Å². The van der Waals surface area contributed by atoms with Crippen molar-refractivity contribution in [1.29, 1.82) is 0 Å². The molecule has 0 unspecified atom stereocenters. The van der Waals surface area contributed by atoms with Crippen LogP contribution in [0.5, 0.6) is 11.5 Å². The predicted molar refractivity (Wildman–Crippen MR) is 130 cm³/mol. The third kappa shape index (κ3) is 5.22. The van der Waals surface area contributed by atoms with Gasteiger partial charge in [0, 0.05) is 25.6 Å². The number of fused-ring (bicyclic) bond motifs is 2. The number of hydrogen-bond acceptors (Lipinski definition) is 6. The minimum atomic E-state index is -1.09. The summed E-state index contributed by atoms with van der Waals surface area (Å²) in [5, 5.41) is 0. The first-order valence-corrected chi connectivity index (χ1v) is 11.8. The maximum absolute atomic E-state index is 13.9. The minimum absolute atomic E-state index is 0.106. The SMILES string of the molecule is COc1cc(CN2C(=O)[C@]3(COCc4ccccc4)C[C@H]2CN3C(=O)OC(C)(C)C)cc(OC)c1. The van der Waals surface area contributed by atoms with E-state index in [9.17, 15) is 9.59 Å². The molecule has 2 saturated heterocycles. The summed E-state index contributed by atoms with van der Waals surface area (Å²) >= 11 is 0. The molecular weight excluding hydrogens is 448 g/mol. The number of hydrogen-bond donors (Lipinski definition) is 0. The summed E-state index contributed by atoms with van der Waals surface area (Å²) in [7, 11) is 3.19. The predicted octanol–water partition coefficient (Wildman–Crippen LogP) is 4.01. The van der Waals surface area contributed by atoms with Gasteiger partial charge in [-0.2, -0.15) is 0 Å². The number of amides is 2. The molecule has 0 spiro atoms. The molecular formula is C27H34N2O6. The fourth-order valence-corrected chi connectivity index (χ4v) is 4.83. The molecule has 2 fully saturated rings. The zero-order valence-electron chi connectivity index (χ0n) is 21.1. The molecule has 2 aromatic carbocycles. The average Bonchev–Trinajstić information content (AvgIpc) is 3.32. The molecule has 2 aromatic rings. The van der Waals surface area contributed by atoms with Crippen molar-refractivity contribution in [3.05, 3.63) is 59.7 Å². The van der Waals surface area contributed by atoms with Crippen LogP contribution in [0.2, 0.25) is 0 Å². The lowest BCUT2D eigenvalue weighted by Gasteiger charge is -2.41. The molecule has 0 saturated carbocycles. The number of carbonyl (C=O) groups is 2. The first-order chi connectivity index (χ1) is 16.6. The van der Waals surface area contributed by atoms with E-state index in [1.165, 1.54) is 0 Å². The van der Waals surface area contributed by atoms with E-state index in [2.05, 4.69) is 0 Å². The first-order valence-electron chi connectivity index (χ1n) is 11.8. The van der Waals surface area contributed by atoms with Gasteiger partial charge in [0.05, 0.1) is 33.5 Å². The number of carbonyl (C=O) groups excluding carboxylic acids is 2. The van der Waals surface area contributed by atoms with E-state index in [1.807, 2.05) is 68.1 Å². The van der Waals surface area contributed by atoms with Gasteiger partial charge in [0.2, 0.25) is 0 Å². The maximum Gasteiger partial charge on any atom is 0.411 e. The molecule has 0 radical (unpaired) electrons. The Morgan fingerprint density at radius 2 is 1.69 bits per heavy atom. The van der Waals surface area contributed by atoms with E-state index in [-0.39, 0.29) is 18.6 Å². The zero-order valence-corrected chi connectivity index (χ0v) is 21.1. The lowest BCUT2D eigenvalue weighted by molar-refractivity contribution is -0.147.